The molecule has 0 heterocycles. The minimum Gasteiger partial charge on any atom is -0.398 e. The fourth-order valence-corrected chi connectivity index (χ4v) is 1.58. The minimum atomic E-state index is 0.809. The van der Waals surface area contributed by atoms with Crippen molar-refractivity contribution in [1.29, 1.82) is 0 Å². The van der Waals surface area contributed by atoms with E-state index < -0.39 is 0 Å². The van der Waals surface area contributed by atoms with Crippen LogP contribution in [0.3, 0.4) is 0 Å². The number of benzene rings is 2. The highest BCUT2D eigenvalue weighted by atomic mass is 32.1. The zero-order valence-electron chi connectivity index (χ0n) is 6.49. The number of hydrogen-bond acceptors (Lipinski definition) is 2. The van der Waals surface area contributed by atoms with Crippen molar-refractivity contribution >= 4 is 29.1 Å². The number of fused-ring (bicyclic) bond motifs is 1. The molecule has 1 nitrogen and oxygen atoms in total. The van der Waals surface area contributed by atoms with E-state index in [0.717, 1.165) is 21.4 Å². The van der Waals surface area contributed by atoms with Crippen molar-refractivity contribution in [2.45, 2.75) is 4.90 Å². The van der Waals surface area contributed by atoms with Crippen molar-refractivity contribution in [3.63, 3.8) is 0 Å². The maximum atomic E-state index is 5.79. The summed E-state index contributed by atoms with van der Waals surface area (Å²) in [6, 6.07) is 11.8. The lowest BCUT2D eigenvalue weighted by Crippen LogP contribution is -1.86. The fourth-order valence-electron chi connectivity index (χ4n) is 1.31. The molecule has 0 atom stereocenters. The number of nitrogens with two attached hydrogens (primary N) is 1. The Hall–Kier alpha value is -1.15. The third-order valence-electron chi connectivity index (χ3n) is 1.93. The van der Waals surface area contributed by atoms with Crippen LogP contribution in [0, 0.1) is 0 Å². The van der Waals surface area contributed by atoms with Crippen molar-refractivity contribution in [3.8, 4) is 0 Å². The molecular formula is C10H9NS. The topological polar surface area (TPSA) is 26.0 Å². The van der Waals surface area contributed by atoms with E-state index in [9.17, 15) is 0 Å². The van der Waals surface area contributed by atoms with Crippen LogP contribution in [0.2, 0.25) is 0 Å². The summed E-state index contributed by atoms with van der Waals surface area (Å²) >= 11 is 4.34. The normalized spacial score (nSPS) is 10.4. The van der Waals surface area contributed by atoms with Gasteiger partial charge in [0, 0.05) is 16.0 Å². The summed E-state index contributed by atoms with van der Waals surface area (Å²) in [5.74, 6) is 0. The Labute approximate surface area is 76.6 Å². The molecule has 0 bridgehead atoms. The van der Waals surface area contributed by atoms with Gasteiger partial charge < -0.3 is 5.73 Å². The molecule has 0 aliphatic heterocycles. The maximum Gasteiger partial charge on any atom is 0.0394 e. The van der Waals surface area contributed by atoms with E-state index in [1.54, 1.807) is 0 Å². The van der Waals surface area contributed by atoms with Crippen LogP contribution < -0.4 is 5.73 Å². The van der Waals surface area contributed by atoms with Gasteiger partial charge in [0.05, 0.1) is 0 Å². The summed E-state index contributed by atoms with van der Waals surface area (Å²) in [7, 11) is 0. The summed E-state index contributed by atoms with van der Waals surface area (Å²) in [6.45, 7) is 0. The van der Waals surface area contributed by atoms with Crippen LogP contribution in [-0.4, -0.2) is 0 Å². The Balaban J connectivity index is 2.95. The molecule has 0 unspecified atom stereocenters. The van der Waals surface area contributed by atoms with Gasteiger partial charge in [-0.05, 0) is 17.5 Å². The smallest absolute Gasteiger partial charge is 0.0394 e. The quantitative estimate of drug-likeness (QED) is 0.467. The molecular weight excluding hydrogens is 166 g/mol. The van der Waals surface area contributed by atoms with Crippen LogP contribution in [0.15, 0.2) is 41.3 Å². The van der Waals surface area contributed by atoms with Gasteiger partial charge in [-0.25, -0.2) is 0 Å². The largest absolute Gasteiger partial charge is 0.398 e. The van der Waals surface area contributed by atoms with Gasteiger partial charge in [0.15, 0.2) is 0 Å². The fraction of sp³-hybridized carbons (Fsp3) is 0. The molecule has 2 heteroatoms. The van der Waals surface area contributed by atoms with Gasteiger partial charge >= 0.3 is 0 Å². The van der Waals surface area contributed by atoms with E-state index in [2.05, 4.69) is 12.6 Å². The number of anilines is 1. The average molecular weight is 175 g/mol. The summed E-state index contributed by atoms with van der Waals surface area (Å²) in [6.07, 6.45) is 0. The van der Waals surface area contributed by atoms with Crippen LogP contribution in [0.4, 0.5) is 5.69 Å². The predicted molar refractivity (Wildman–Crippen MR) is 55.6 cm³/mol. The highest BCUT2D eigenvalue weighted by Crippen LogP contribution is 2.26. The number of rotatable bonds is 0. The Morgan fingerprint density at radius 3 is 2.25 bits per heavy atom. The number of nitrogen functional groups attached to an aromatic ring is 1. The maximum absolute atomic E-state index is 5.79. The Kier molecular flexibility index (Phi) is 1.70. The molecule has 12 heavy (non-hydrogen) atoms. The van der Waals surface area contributed by atoms with Crippen molar-refractivity contribution in [2.75, 3.05) is 5.73 Å². The first-order valence-corrected chi connectivity index (χ1v) is 4.20. The lowest BCUT2D eigenvalue weighted by atomic mass is 10.1. The van der Waals surface area contributed by atoms with Crippen LogP contribution >= 0.6 is 12.6 Å². The second-order valence-electron chi connectivity index (χ2n) is 2.72. The van der Waals surface area contributed by atoms with E-state index in [0.29, 0.717) is 0 Å². The van der Waals surface area contributed by atoms with Gasteiger partial charge in [0.2, 0.25) is 0 Å². The highest BCUT2D eigenvalue weighted by molar-refractivity contribution is 7.80. The van der Waals surface area contributed by atoms with E-state index in [-0.39, 0.29) is 0 Å². The average Bonchev–Trinajstić information content (AvgIpc) is 2.12. The van der Waals surface area contributed by atoms with Gasteiger partial charge in [-0.1, -0.05) is 24.3 Å². The van der Waals surface area contributed by atoms with E-state index in [1.165, 1.54) is 0 Å². The molecule has 2 aromatic rings. The molecule has 2 aromatic carbocycles. The Morgan fingerprint density at radius 1 is 0.917 bits per heavy atom. The molecule has 60 valence electrons. The van der Waals surface area contributed by atoms with Crippen molar-refractivity contribution in [1.82, 2.24) is 0 Å². The molecule has 2 rings (SSSR count). The minimum absolute atomic E-state index is 0.809. The number of thiol groups is 1. The van der Waals surface area contributed by atoms with Crippen LogP contribution in [0.1, 0.15) is 0 Å². The first-order chi connectivity index (χ1) is 5.79. The summed E-state index contributed by atoms with van der Waals surface area (Å²) in [5, 5.41) is 2.19. The summed E-state index contributed by atoms with van der Waals surface area (Å²) in [5.41, 5.74) is 6.60. The van der Waals surface area contributed by atoms with E-state index >= 15 is 0 Å². The second kappa shape index (κ2) is 2.72. The lowest BCUT2D eigenvalue weighted by Gasteiger charge is -2.03. The molecule has 0 amide bonds. The van der Waals surface area contributed by atoms with E-state index in [4.69, 9.17) is 5.73 Å². The summed E-state index contributed by atoms with van der Waals surface area (Å²) in [4.78, 5) is 0.972. The first kappa shape index (κ1) is 7.50. The predicted octanol–water partition coefficient (Wildman–Crippen LogP) is 2.71. The standard InChI is InChI=1S/C10H9NS/c11-9-5-6-10(12)8-4-2-1-3-7(8)9/h1-6,12H,11H2. The molecule has 0 aromatic heterocycles. The SMILES string of the molecule is Nc1ccc(S)c2ccccc12. The van der Waals surface area contributed by atoms with Gasteiger partial charge in [-0.15, -0.1) is 12.6 Å². The molecule has 0 saturated heterocycles. The molecule has 0 fully saturated rings. The van der Waals surface area contributed by atoms with E-state index in [1.807, 2.05) is 36.4 Å². The van der Waals surface area contributed by atoms with Crippen molar-refractivity contribution in [3.05, 3.63) is 36.4 Å². The zero-order valence-corrected chi connectivity index (χ0v) is 7.38. The monoisotopic (exact) mass is 175 g/mol. The zero-order chi connectivity index (χ0) is 8.55. The van der Waals surface area contributed by atoms with Crippen LogP contribution in [0.5, 0.6) is 0 Å². The van der Waals surface area contributed by atoms with Gasteiger partial charge in [0.1, 0.15) is 0 Å². The van der Waals surface area contributed by atoms with Crippen LogP contribution in [0.25, 0.3) is 10.8 Å². The van der Waals surface area contributed by atoms with Gasteiger partial charge in [-0.3, -0.25) is 0 Å². The molecule has 2 N–H and O–H groups in total. The lowest BCUT2D eigenvalue weighted by molar-refractivity contribution is 1.56. The number of hydrogen-bond donors (Lipinski definition) is 2. The third-order valence-corrected chi connectivity index (χ3v) is 2.32. The van der Waals surface area contributed by atoms with Gasteiger partial charge in [-0.2, -0.15) is 0 Å². The Morgan fingerprint density at radius 2 is 1.58 bits per heavy atom. The third kappa shape index (κ3) is 1.04. The van der Waals surface area contributed by atoms with Crippen molar-refractivity contribution in [2.24, 2.45) is 0 Å². The molecule has 0 aliphatic rings. The Bertz CT molecular complexity index is 383. The molecule has 0 aliphatic carbocycles. The highest BCUT2D eigenvalue weighted by Gasteiger charge is 1.98. The first-order valence-electron chi connectivity index (χ1n) is 3.75. The molecule has 0 spiro atoms. The van der Waals surface area contributed by atoms with Crippen LogP contribution in [-0.2, 0) is 0 Å². The van der Waals surface area contributed by atoms with Gasteiger partial charge in [0.25, 0.3) is 0 Å². The second-order valence-corrected chi connectivity index (χ2v) is 3.20. The van der Waals surface area contributed by atoms with Crippen molar-refractivity contribution < 1.29 is 0 Å². The molecule has 0 radical (unpaired) electrons. The molecule has 0 saturated carbocycles. The summed E-state index contributed by atoms with van der Waals surface area (Å²) < 4.78 is 0.